The molecule has 3 aliphatic heterocycles. The highest BCUT2D eigenvalue weighted by Crippen LogP contribution is 2.44. The first-order chi connectivity index (χ1) is 16.5. The van der Waals surface area contributed by atoms with Crippen LogP contribution in [0.3, 0.4) is 0 Å². The molecule has 3 fully saturated rings. The van der Waals surface area contributed by atoms with Crippen molar-refractivity contribution in [1.82, 2.24) is 15.0 Å². The molecule has 0 saturated carbocycles. The minimum Gasteiger partial charge on any atom is -0.394 e. The summed E-state index contributed by atoms with van der Waals surface area (Å²) in [6.07, 6.45) is 7.57. The van der Waals surface area contributed by atoms with Crippen LogP contribution in [-0.4, -0.2) is 70.7 Å². The van der Waals surface area contributed by atoms with Crippen molar-refractivity contribution in [3.63, 3.8) is 0 Å². The zero-order chi connectivity index (χ0) is 23.7. The molecule has 2 aromatic heterocycles. The van der Waals surface area contributed by atoms with Crippen molar-refractivity contribution in [3.05, 3.63) is 29.2 Å². The zero-order valence-electron chi connectivity index (χ0n) is 19.5. The Bertz CT molecular complexity index is 1020. The Morgan fingerprint density at radius 2 is 2.03 bits per heavy atom. The van der Waals surface area contributed by atoms with Crippen LogP contribution in [0.25, 0.3) is 0 Å². The number of pyridine rings is 1. The molecule has 0 bridgehead atoms. The second kappa shape index (κ2) is 10.1. The third-order valence-corrected chi connectivity index (χ3v) is 9.17. The monoisotopic (exact) mass is 505 g/mol. The molecule has 0 aromatic carbocycles. The Kier molecular flexibility index (Phi) is 7.18. The number of rotatable bonds is 6. The molecule has 8 nitrogen and oxygen atoms in total. The van der Waals surface area contributed by atoms with Crippen LogP contribution in [0.15, 0.2) is 28.4 Å². The van der Waals surface area contributed by atoms with Gasteiger partial charge < -0.3 is 24.7 Å². The van der Waals surface area contributed by atoms with Gasteiger partial charge in [-0.1, -0.05) is 30.3 Å². The van der Waals surface area contributed by atoms with E-state index in [1.807, 2.05) is 6.07 Å². The maximum atomic E-state index is 10.1. The predicted octanol–water partition coefficient (Wildman–Crippen LogP) is 3.38. The molecule has 2 N–H and O–H groups in total. The molecule has 5 rings (SSSR count). The number of hydrogen-bond donors (Lipinski definition) is 2. The number of aromatic nitrogens is 3. The summed E-state index contributed by atoms with van der Waals surface area (Å²) in [5.74, 6) is 2.04. The Labute approximate surface area is 209 Å². The van der Waals surface area contributed by atoms with Gasteiger partial charge in [-0.2, -0.15) is 0 Å². The first-order valence-corrected chi connectivity index (χ1v) is 13.2. The second-order valence-electron chi connectivity index (χ2n) is 9.62. The predicted molar refractivity (Wildman–Crippen MR) is 133 cm³/mol. The largest absolute Gasteiger partial charge is 0.394 e. The molecule has 1 unspecified atom stereocenters. The summed E-state index contributed by atoms with van der Waals surface area (Å²) in [5.41, 5.74) is 0.862. The molecule has 3 aliphatic rings. The van der Waals surface area contributed by atoms with E-state index in [4.69, 9.17) is 26.3 Å². The fourth-order valence-electron chi connectivity index (χ4n) is 5.49. The van der Waals surface area contributed by atoms with Crippen LogP contribution >= 0.6 is 23.4 Å². The van der Waals surface area contributed by atoms with Gasteiger partial charge in [-0.05, 0) is 37.7 Å². The molecule has 0 aliphatic carbocycles. The van der Waals surface area contributed by atoms with Crippen LogP contribution in [0.2, 0.25) is 5.02 Å². The SMILES string of the molecule is C[C@@H]1COCC12CCN(c1ncc(Sc3ccnc(N4CCCC4CO)c3Cl)nc1CO)CC2. The van der Waals surface area contributed by atoms with Gasteiger partial charge in [0.25, 0.3) is 0 Å². The zero-order valence-corrected chi connectivity index (χ0v) is 21.1. The summed E-state index contributed by atoms with van der Waals surface area (Å²) in [6.45, 7) is 6.53. The highest BCUT2D eigenvalue weighted by Gasteiger charge is 2.43. The third kappa shape index (κ3) is 4.48. The fourth-order valence-corrected chi connectivity index (χ4v) is 6.63. The van der Waals surface area contributed by atoms with E-state index in [1.165, 1.54) is 11.8 Å². The van der Waals surface area contributed by atoms with Crippen molar-refractivity contribution in [2.24, 2.45) is 11.3 Å². The van der Waals surface area contributed by atoms with Crippen LogP contribution in [0, 0.1) is 11.3 Å². The molecule has 2 atom stereocenters. The van der Waals surface area contributed by atoms with Gasteiger partial charge >= 0.3 is 0 Å². The lowest BCUT2D eigenvalue weighted by Gasteiger charge is -2.41. The lowest BCUT2D eigenvalue weighted by Crippen LogP contribution is -2.44. The van der Waals surface area contributed by atoms with Crippen molar-refractivity contribution in [2.45, 2.75) is 55.2 Å². The molecular formula is C24H32ClN5O3S. The number of halogens is 1. The molecule has 1 spiro atoms. The van der Waals surface area contributed by atoms with Crippen LogP contribution < -0.4 is 9.80 Å². The topological polar surface area (TPSA) is 94.8 Å². The van der Waals surface area contributed by atoms with E-state index in [0.29, 0.717) is 27.5 Å². The van der Waals surface area contributed by atoms with Crippen molar-refractivity contribution in [2.75, 3.05) is 49.3 Å². The molecular weight excluding hydrogens is 474 g/mol. The Balaban J connectivity index is 1.32. The van der Waals surface area contributed by atoms with E-state index in [9.17, 15) is 10.2 Å². The number of anilines is 2. The van der Waals surface area contributed by atoms with E-state index >= 15 is 0 Å². The molecule has 0 amide bonds. The summed E-state index contributed by atoms with van der Waals surface area (Å²) < 4.78 is 5.75. The van der Waals surface area contributed by atoms with Crippen molar-refractivity contribution < 1.29 is 14.9 Å². The first kappa shape index (κ1) is 24.1. The van der Waals surface area contributed by atoms with E-state index < -0.39 is 0 Å². The van der Waals surface area contributed by atoms with Gasteiger partial charge in [0.1, 0.15) is 16.5 Å². The number of hydrogen-bond acceptors (Lipinski definition) is 9. The molecule has 2 aromatic rings. The molecule has 10 heteroatoms. The summed E-state index contributed by atoms with van der Waals surface area (Å²) >= 11 is 8.15. The summed E-state index contributed by atoms with van der Waals surface area (Å²) in [6, 6.07) is 1.91. The van der Waals surface area contributed by atoms with Crippen molar-refractivity contribution in [1.29, 1.82) is 0 Å². The minimum absolute atomic E-state index is 0.0489. The van der Waals surface area contributed by atoms with Crippen LogP contribution in [0.4, 0.5) is 11.6 Å². The van der Waals surface area contributed by atoms with E-state index in [2.05, 4.69) is 21.7 Å². The quantitative estimate of drug-likeness (QED) is 0.612. The second-order valence-corrected chi connectivity index (χ2v) is 11.1. The lowest BCUT2D eigenvalue weighted by atomic mass is 9.72. The van der Waals surface area contributed by atoms with E-state index in [1.54, 1.807) is 12.4 Å². The van der Waals surface area contributed by atoms with Gasteiger partial charge in [0.2, 0.25) is 0 Å². The highest BCUT2D eigenvalue weighted by atomic mass is 35.5. The Morgan fingerprint density at radius 3 is 2.74 bits per heavy atom. The summed E-state index contributed by atoms with van der Waals surface area (Å²) in [7, 11) is 0. The van der Waals surface area contributed by atoms with Gasteiger partial charge in [-0.25, -0.2) is 15.0 Å². The van der Waals surface area contributed by atoms with Gasteiger partial charge in [0.05, 0.1) is 37.1 Å². The number of ether oxygens (including phenoxy) is 1. The van der Waals surface area contributed by atoms with Gasteiger partial charge in [0, 0.05) is 42.7 Å². The summed E-state index contributed by atoms with van der Waals surface area (Å²) in [5, 5.41) is 21.0. The number of nitrogens with zero attached hydrogens (tertiary/aromatic N) is 5. The number of aliphatic hydroxyl groups is 2. The molecule has 3 saturated heterocycles. The maximum Gasteiger partial charge on any atom is 0.152 e. The van der Waals surface area contributed by atoms with Crippen molar-refractivity contribution in [3.8, 4) is 0 Å². The molecule has 5 heterocycles. The van der Waals surface area contributed by atoms with Gasteiger partial charge in [-0.15, -0.1) is 0 Å². The van der Waals surface area contributed by atoms with Crippen LogP contribution in [0.5, 0.6) is 0 Å². The van der Waals surface area contributed by atoms with Gasteiger partial charge in [-0.3, -0.25) is 0 Å². The fraction of sp³-hybridized carbons (Fsp3) is 0.625. The normalized spacial score (nSPS) is 24.4. The Morgan fingerprint density at radius 1 is 1.21 bits per heavy atom. The minimum atomic E-state index is -0.167. The maximum absolute atomic E-state index is 10.1. The van der Waals surface area contributed by atoms with Crippen LogP contribution in [0.1, 0.15) is 38.3 Å². The standard InChI is InChI=1S/C24H32ClN5O3S/c1-16-14-33-15-24(16)5-9-29(10-6-24)22-18(13-32)28-20(11-27-22)34-19-4-7-26-23(21(19)25)30-8-2-3-17(30)12-31/h4,7,11,16-17,31-32H,2-3,5-6,8-10,12-15H2,1H3/t16-,17?/m1/s1. The van der Waals surface area contributed by atoms with Crippen molar-refractivity contribution >= 4 is 35.0 Å². The molecule has 184 valence electrons. The van der Waals surface area contributed by atoms with E-state index in [-0.39, 0.29) is 24.7 Å². The highest BCUT2D eigenvalue weighted by molar-refractivity contribution is 7.99. The van der Waals surface area contributed by atoms with E-state index in [0.717, 1.165) is 69.2 Å². The van der Waals surface area contributed by atoms with Gasteiger partial charge in [0.15, 0.2) is 5.82 Å². The number of piperidine rings is 1. The van der Waals surface area contributed by atoms with Crippen LogP contribution in [-0.2, 0) is 11.3 Å². The third-order valence-electron chi connectivity index (χ3n) is 7.72. The average molecular weight is 506 g/mol. The first-order valence-electron chi connectivity index (χ1n) is 12.0. The smallest absolute Gasteiger partial charge is 0.152 e. The molecule has 0 radical (unpaired) electrons. The molecule has 34 heavy (non-hydrogen) atoms. The average Bonchev–Trinajstić information content (AvgIpc) is 3.48. The summed E-state index contributed by atoms with van der Waals surface area (Å²) in [4.78, 5) is 19.1. The lowest BCUT2D eigenvalue weighted by molar-refractivity contribution is 0.127. The Hall–Kier alpha value is -1.65. The number of aliphatic hydroxyl groups excluding tert-OH is 2.